The molecule has 2 aromatic rings. The highest BCUT2D eigenvalue weighted by Gasteiger charge is 2.32. The molecule has 0 spiro atoms. The Morgan fingerprint density at radius 2 is 1.93 bits per heavy atom. The van der Waals surface area contributed by atoms with Crippen molar-refractivity contribution in [2.75, 3.05) is 14.2 Å². The fourth-order valence-corrected chi connectivity index (χ4v) is 3.94. The van der Waals surface area contributed by atoms with Gasteiger partial charge in [-0.2, -0.15) is 0 Å². The lowest BCUT2D eigenvalue weighted by Crippen LogP contribution is -2.22. The van der Waals surface area contributed by atoms with E-state index in [1.807, 2.05) is 24.5 Å². The van der Waals surface area contributed by atoms with E-state index in [0.717, 1.165) is 33.6 Å². The Hall–Kier alpha value is -2.51. The number of methoxy groups -OCH3 is 1. The highest BCUT2D eigenvalue weighted by molar-refractivity contribution is 8.18. The molecule has 1 aromatic heterocycles. The van der Waals surface area contributed by atoms with Crippen LogP contribution in [-0.2, 0) is 9.53 Å². The molecule has 0 saturated carbocycles. The number of amides is 2. The summed E-state index contributed by atoms with van der Waals surface area (Å²) in [5.41, 5.74) is 3.53. The molecule has 1 saturated heterocycles. The van der Waals surface area contributed by atoms with Gasteiger partial charge in [-0.15, -0.1) is 0 Å². The van der Waals surface area contributed by atoms with Gasteiger partial charge in [0.25, 0.3) is 11.1 Å². The number of hydrogen-bond donors (Lipinski definition) is 0. The molecule has 0 aliphatic carbocycles. The number of aryl methyl sites for hydroxylation is 1. The Bertz CT molecular complexity index is 1010. The first-order valence-corrected chi connectivity index (χ1v) is 9.22. The van der Waals surface area contributed by atoms with Gasteiger partial charge in [-0.05, 0) is 61.5 Å². The number of imide groups is 1. The molecule has 2 heterocycles. The summed E-state index contributed by atoms with van der Waals surface area (Å²) in [5.74, 6) is -0.771. The van der Waals surface area contributed by atoms with Crippen LogP contribution in [-0.4, -0.2) is 40.7 Å². The number of rotatable bonds is 3. The van der Waals surface area contributed by atoms with Crippen molar-refractivity contribution in [1.82, 2.24) is 9.47 Å². The Labute approximate surface area is 165 Å². The predicted molar refractivity (Wildman–Crippen MR) is 105 cm³/mol. The van der Waals surface area contributed by atoms with Gasteiger partial charge < -0.3 is 9.30 Å². The van der Waals surface area contributed by atoms with E-state index < -0.39 is 5.97 Å². The second-order valence-electron chi connectivity index (χ2n) is 6.06. The summed E-state index contributed by atoms with van der Waals surface area (Å²) in [6.45, 7) is 3.78. The van der Waals surface area contributed by atoms with Crippen molar-refractivity contribution >= 4 is 46.6 Å². The average Bonchev–Trinajstić information content (AvgIpc) is 3.05. The maximum absolute atomic E-state index is 12.1. The molecule has 0 unspecified atom stereocenters. The van der Waals surface area contributed by atoms with Crippen LogP contribution >= 0.6 is 23.4 Å². The highest BCUT2D eigenvalue weighted by Crippen LogP contribution is 2.33. The van der Waals surface area contributed by atoms with Crippen molar-refractivity contribution in [2.24, 2.45) is 0 Å². The van der Waals surface area contributed by atoms with E-state index in [1.165, 1.54) is 14.2 Å². The summed E-state index contributed by atoms with van der Waals surface area (Å²) >= 11 is 7.28. The Kier molecular flexibility index (Phi) is 5.17. The molecule has 1 fully saturated rings. The van der Waals surface area contributed by atoms with Gasteiger partial charge in [0.1, 0.15) is 0 Å². The molecule has 1 aromatic carbocycles. The molecule has 1 aliphatic heterocycles. The van der Waals surface area contributed by atoms with Crippen molar-refractivity contribution in [3.05, 3.63) is 56.7 Å². The van der Waals surface area contributed by atoms with Gasteiger partial charge in [-0.1, -0.05) is 11.6 Å². The van der Waals surface area contributed by atoms with E-state index >= 15 is 0 Å². The maximum atomic E-state index is 12.1. The van der Waals surface area contributed by atoms with Crippen molar-refractivity contribution in [3.8, 4) is 5.69 Å². The van der Waals surface area contributed by atoms with E-state index in [0.29, 0.717) is 21.2 Å². The molecular formula is C19H17ClN2O4S. The largest absolute Gasteiger partial charge is 0.465 e. The molecule has 0 radical (unpaired) electrons. The fraction of sp³-hybridized carbons (Fsp3) is 0.211. The monoisotopic (exact) mass is 404 g/mol. The number of aromatic nitrogens is 1. The van der Waals surface area contributed by atoms with Crippen LogP contribution in [0.1, 0.15) is 27.3 Å². The molecule has 0 bridgehead atoms. The zero-order chi connectivity index (χ0) is 19.9. The Balaban J connectivity index is 2.09. The fourth-order valence-electron chi connectivity index (χ4n) is 2.92. The second kappa shape index (κ2) is 7.25. The van der Waals surface area contributed by atoms with Crippen molar-refractivity contribution < 1.29 is 19.1 Å². The molecular weight excluding hydrogens is 388 g/mol. The van der Waals surface area contributed by atoms with Crippen molar-refractivity contribution in [1.29, 1.82) is 0 Å². The van der Waals surface area contributed by atoms with Crippen molar-refractivity contribution in [2.45, 2.75) is 13.8 Å². The molecule has 6 nitrogen and oxygen atoms in total. The number of nitrogens with zero attached hydrogens (tertiary/aromatic N) is 2. The van der Waals surface area contributed by atoms with Crippen LogP contribution in [0, 0.1) is 13.8 Å². The smallest absolute Gasteiger partial charge is 0.337 e. The lowest BCUT2D eigenvalue weighted by atomic mass is 10.2. The first-order valence-electron chi connectivity index (χ1n) is 8.03. The normalized spacial score (nSPS) is 15.7. The summed E-state index contributed by atoms with van der Waals surface area (Å²) in [5, 5.41) is 0.179. The van der Waals surface area contributed by atoms with Crippen LogP contribution in [0.25, 0.3) is 11.8 Å². The number of likely N-dealkylation sites (N-methyl/N-ethyl adjacent to an activating group) is 1. The molecule has 27 heavy (non-hydrogen) atoms. The molecule has 8 heteroatoms. The number of ether oxygens (including phenoxy) is 1. The number of halogens is 1. The second-order valence-corrected chi connectivity index (χ2v) is 7.46. The SMILES string of the molecule is COC(=O)c1ccc(Cl)c(-n2c(C)cc(/C=C3\SC(=O)N(C)C3=O)c2C)c1. The Morgan fingerprint density at radius 3 is 2.52 bits per heavy atom. The van der Waals surface area contributed by atoms with E-state index in [1.54, 1.807) is 24.3 Å². The minimum atomic E-state index is -0.452. The van der Waals surface area contributed by atoms with Crippen LogP contribution in [0.15, 0.2) is 29.2 Å². The highest BCUT2D eigenvalue weighted by atomic mass is 35.5. The number of carbonyl (C=O) groups is 3. The topological polar surface area (TPSA) is 68.6 Å². The summed E-state index contributed by atoms with van der Waals surface area (Å²) in [6.07, 6.45) is 1.70. The van der Waals surface area contributed by atoms with E-state index in [-0.39, 0.29) is 11.1 Å². The van der Waals surface area contributed by atoms with Crippen LogP contribution in [0.4, 0.5) is 4.79 Å². The maximum Gasteiger partial charge on any atom is 0.337 e. The third kappa shape index (κ3) is 3.40. The first-order chi connectivity index (χ1) is 12.7. The van der Waals surface area contributed by atoms with Gasteiger partial charge in [0.05, 0.1) is 28.3 Å². The quantitative estimate of drug-likeness (QED) is 0.566. The first kappa shape index (κ1) is 19.3. The number of thioether (sulfide) groups is 1. The lowest BCUT2D eigenvalue weighted by molar-refractivity contribution is -0.121. The number of hydrogen-bond acceptors (Lipinski definition) is 5. The molecule has 1 aliphatic rings. The number of esters is 1. The van der Waals surface area contributed by atoms with Gasteiger partial charge in [0, 0.05) is 18.4 Å². The molecule has 2 amide bonds. The summed E-state index contributed by atoms with van der Waals surface area (Å²) < 4.78 is 6.68. The lowest BCUT2D eigenvalue weighted by Gasteiger charge is -2.13. The molecule has 140 valence electrons. The van der Waals surface area contributed by atoms with E-state index in [2.05, 4.69) is 0 Å². The average molecular weight is 405 g/mol. The summed E-state index contributed by atoms with van der Waals surface area (Å²) in [4.78, 5) is 37.1. The summed E-state index contributed by atoms with van der Waals surface area (Å²) in [6, 6.07) is 6.81. The van der Waals surface area contributed by atoms with Gasteiger partial charge in [-0.3, -0.25) is 14.5 Å². The number of carbonyl (C=O) groups excluding carboxylic acids is 3. The molecule has 0 N–H and O–H groups in total. The van der Waals surface area contributed by atoms with Gasteiger partial charge in [-0.25, -0.2) is 4.79 Å². The summed E-state index contributed by atoms with van der Waals surface area (Å²) in [7, 11) is 2.78. The minimum absolute atomic E-state index is 0.297. The van der Waals surface area contributed by atoms with Crippen LogP contribution < -0.4 is 0 Å². The van der Waals surface area contributed by atoms with Crippen LogP contribution in [0.3, 0.4) is 0 Å². The van der Waals surface area contributed by atoms with Crippen LogP contribution in [0.5, 0.6) is 0 Å². The van der Waals surface area contributed by atoms with Crippen molar-refractivity contribution in [3.63, 3.8) is 0 Å². The predicted octanol–water partition coefficient (Wildman–Crippen LogP) is 4.20. The zero-order valence-electron chi connectivity index (χ0n) is 15.2. The number of benzene rings is 1. The Morgan fingerprint density at radius 1 is 1.22 bits per heavy atom. The third-order valence-corrected chi connectivity index (χ3v) is 5.63. The van der Waals surface area contributed by atoms with E-state index in [4.69, 9.17) is 16.3 Å². The van der Waals surface area contributed by atoms with Gasteiger partial charge in [0.2, 0.25) is 0 Å². The molecule has 0 atom stereocenters. The third-order valence-electron chi connectivity index (χ3n) is 4.35. The minimum Gasteiger partial charge on any atom is -0.465 e. The standard InChI is InChI=1S/C19H17ClN2O4S/c1-10-7-13(9-16-17(23)21(3)19(25)27-16)11(2)22(10)15-8-12(18(24)26-4)5-6-14(15)20/h5-9H,1-4H3/b16-9-. The van der Waals surface area contributed by atoms with Crippen LogP contribution in [0.2, 0.25) is 5.02 Å². The zero-order valence-corrected chi connectivity index (χ0v) is 16.8. The van der Waals surface area contributed by atoms with Gasteiger partial charge >= 0.3 is 5.97 Å². The van der Waals surface area contributed by atoms with E-state index in [9.17, 15) is 14.4 Å². The molecule has 3 rings (SSSR count). The van der Waals surface area contributed by atoms with Gasteiger partial charge in [0.15, 0.2) is 0 Å².